The van der Waals surface area contributed by atoms with Crippen LogP contribution in [0.2, 0.25) is 0 Å². The quantitative estimate of drug-likeness (QED) is 0.737. The summed E-state index contributed by atoms with van der Waals surface area (Å²) in [6.45, 7) is 2.71. The van der Waals surface area contributed by atoms with Crippen molar-refractivity contribution in [3.05, 3.63) is 38.7 Å². The number of hydrogen-bond acceptors (Lipinski definition) is 6. The van der Waals surface area contributed by atoms with Crippen LogP contribution in [0.25, 0.3) is 5.65 Å². The topological polar surface area (TPSA) is 88.0 Å². The van der Waals surface area contributed by atoms with Crippen molar-refractivity contribution in [1.29, 1.82) is 0 Å². The van der Waals surface area contributed by atoms with E-state index in [9.17, 15) is 4.79 Å². The summed E-state index contributed by atoms with van der Waals surface area (Å²) in [6, 6.07) is 3.53. The van der Waals surface area contributed by atoms with E-state index >= 15 is 0 Å². The monoisotopic (exact) mass is 276 g/mol. The summed E-state index contributed by atoms with van der Waals surface area (Å²) in [7, 11) is 0. The molecule has 19 heavy (non-hydrogen) atoms. The van der Waals surface area contributed by atoms with Gasteiger partial charge in [-0.05, 0) is 19.1 Å². The van der Waals surface area contributed by atoms with Gasteiger partial charge in [-0.2, -0.15) is 9.61 Å². The number of nitrogens with zero attached hydrogens (tertiary/aromatic N) is 4. The highest BCUT2D eigenvalue weighted by Crippen LogP contribution is 2.09. The third kappa shape index (κ3) is 2.48. The SMILES string of the molecule is Cc1nc(CCNc2ccc3n[nH]c(=O)n3n2)cs1. The lowest BCUT2D eigenvalue weighted by Crippen LogP contribution is -2.14. The van der Waals surface area contributed by atoms with E-state index in [2.05, 4.69) is 25.6 Å². The van der Waals surface area contributed by atoms with Crippen LogP contribution < -0.4 is 11.0 Å². The van der Waals surface area contributed by atoms with E-state index in [-0.39, 0.29) is 5.69 Å². The summed E-state index contributed by atoms with van der Waals surface area (Å²) in [5.41, 5.74) is 1.23. The van der Waals surface area contributed by atoms with Crippen LogP contribution in [0, 0.1) is 6.92 Å². The minimum atomic E-state index is -0.339. The molecule has 3 aromatic heterocycles. The van der Waals surface area contributed by atoms with Crippen LogP contribution in [-0.4, -0.2) is 31.3 Å². The normalized spacial score (nSPS) is 11.0. The number of hydrogen-bond donors (Lipinski definition) is 2. The predicted octanol–water partition coefficient (Wildman–Crippen LogP) is 0.837. The molecule has 0 amide bonds. The molecule has 7 nitrogen and oxygen atoms in total. The van der Waals surface area contributed by atoms with E-state index in [1.165, 1.54) is 4.52 Å². The van der Waals surface area contributed by atoms with Gasteiger partial charge in [0.25, 0.3) is 0 Å². The Morgan fingerprint density at radius 3 is 3.16 bits per heavy atom. The summed E-state index contributed by atoms with van der Waals surface area (Å²) >= 11 is 1.64. The van der Waals surface area contributed by atoms with Gasteiger partial charge in [0.15, 0.2) is 5.65 Å². The number of anilines is 1. The predicted molar refractivity (Wildman–Crippen MR) is 72.7 cm³/mol. The number of fused-ring (bicyclic) bond motifs is 1. The number of rotatable bonds is 4. The number of aryl methyl sites for hydroxylation is 1. The first-order valence-electron chi connectivity index (χ1n) is 5.82. The third-order valence-corrected chi connectivity index (χ3v) is 3.45. The zero-order valence-electron chi connectivity index (χ0n) is 10.3. The van der Waals surface area contributed by atoms with Gasteiger partial charge < -0.3 is 5.32 Å². The fraction of sp³-hybridized carbons (Fsp3) is 0.273. The number of aromatic amines is 1. The molecule has 0 aliphatic carbocycles. The van der Waals surface area contributed by atoms with E-state index in [1.54, 1.807) is 23.5 Å². The van der Waals surface area contributed by atoms with E-state index < -0.39 is 0 Å². The summed E-state index contributed by atoms with van der Waals surface area (Å²) in [6.07, 6.45) is 0.824. The first-order valence-corrected chi connectivity index (χ1v) is 6.70. The molecule has 2 N–H and O–H groups in total. The van der Waals surface area contributed by atoms with Crippen LogP contribution in [0.3, 0.4) is 0 Å². The van der Waals surface area contributed by atoms with Gasteiger partial charge in [-0.1, -0.05) is 0 Å². The molecule has 0 fully saturated rings. The van der Waals surface area contributed by atoms with Crippen molar-refractivity contribution in [3.8, 4) is 0 Å². The standard InChI is InChI=1S/C11H12N6OS/c1-7-13-8(6-19-7)4-5-12-9-2-3-10-14-15-11(18)17(10)16-9/h2-3,6H,4-5H2,1H3,(H,12,16)(H,15,18). The molecule has 0 saturated carbocycles. The van der Waals surface area contributed by atoms with Gasteiger partial charge in [0.2, 0.25) is 0 Å². The summed E-state index contributed by atoms with van der Waals surface area (Å²) in [4.78, 5) is 15.8. The lowest BCUT2D eigenvalue weighted by molar-refractivity contribution is 0.868. The first-order chi connectivity index (χ1) is 9.22. The van der Waals surface area contributed by atoms with E-state index in [1.807, 2.05) is 12.3 Å². The average molecular weight is 276 g/mol. The van der Waals surface area contributed by atoms with Gasteiger partial charge in [0, 0.05) is 18.3 Å². The van der Waals surface area contributed by atoms with E-state index in [0.717, 1.165) is 17.1 Å². The summed E-state index contributed by atoms with van der Waals surface area (Å²) < 4.78 is 1.23. The van der Waals surface area contributed by atoms with Gasteiger partial charge in [-0.25, -0.2) is 14.9 Å². The van der Waals surface area contributed by atoms with Crippen LogP contribution in [0.15, 0.2) is 22.3 Å². The first kappa shape index (κ1) is 11.8. The van der Waals surface area contributed by atoms with Gasteiger partial charge >= 0.3 is 5.69 Å². The van der Waals surface area contributed by atoms with Crippen LogP contribution in [0.5, 0.6) is 0 Å². The van der Waals surface area contributed by atoms with Crippen LogP contribution >= 0.6 is 11.3 Å². The Bertz CT molecular complexity index is 758. The molecule has 0 spiro atoms. The fourth-order valence-corrected chi connectivity index (χ4v) is 2.39. The Balaban J connectivity index is 1.68. The van der Waals surface area contributed by atoms with Crippen molar-refractivity contribution in [2.45, 2.75) is 13.3 Å². The Morgan fingerprint density at radius 1 is 1.47 bits per heavy atom. The summed E-state index contributed by atoms with van der Waals surface area (Å²) in [5.74, 6) is 0.642. The van der Waals surface area contributed by atoms with Gasteiger partial charge in [0.1, 0.15) is 5.82 Å². The molecule has 0 aliphatic heterocycles. The molecule has 0 radical (unpaired) electrons. The molecule has 3 aromatic rings. The molecule has 3 heterocycles. The smallest absolute Gasteiger partial charge is 0.364 e. The van der Waals surface area contributed by atoms with Crippen molar-refractivity contribution in [2.24, 2.45) is 0 Å². The molecule has 98 valence electrons. The second kappa shape index (κ2) is 4.81. The Morgan fingerprint density at radius 2 is 2.37 bits per heavy atom. The largest absolute Gasteiger partial charge is 0.368 e. The Hall–Kier alpha value is -2.22. The van der Waals surface area contributed by atoms with Crippen LogP contribution in [0.1, 0.15) is 10.7 Å². The van der Waals surface area contributed by atoms with Gasteiger partial charge in [0.05, 0.1) is 10.7 Å². The highest BCUT2D eigenvalue weighted by atomic mass is 32.1. The zero-order valence-corrected chi connectivity index (χ0v) is 11.1. The second-order valence-electron chi connectivity index (χ2n) is 4.05. The molecule has 0 bridgehead atoms. The Kier molecular flexibility index (Phi) is 3.00. The molecule has 0 aromatic carbocycles. The van der Waals surface area contributed by atoms with Crippen molar-refractivity contribution >= 4 is 22.8 Å². The second-order valence-corrected chi connectivity index (χ2v) is 5.11. The number of H-pyrrole nitrogens is 1. The maximum absolute atomic E-state index is 11.4. The van der Waals surface area contributed by atoms with Gasteiger partial charge in [-0.3, -0.25) is 0 Å². The molecule has 0 saturated heterocycles. The zero-order chi connectivity index (χ0) is 13.2. The van der Waals surface area contributed by atoms with Crippen LogP contribution in [-0.2, 0) is 6.42 Å². The average Bonchev–Trinajstić information content (AvgIpc) is 2.97. The van der Waals surface area contributed by atoms with Gasteiger partial charge in [-0.15, -0.1) is 16.4 Å². The fourth-order valence-electron chi connectivity index (χ4n) is 1.74. The number of nitrogens with one attached hydrogen (secondary N) is 2. The van der Waals surface area contributed by atoms with E-state index in [4.69, 9.17) is 0 Å². The van der Waals surface area contributed by atoms with Crippen molar-refractivity contribution < 1.29 is 0 Å². The van der Waals surface area contributed by atoms with Crippen molar-refractivity contribution in [3.63, 3.8) is 0 Å². The third-order valence-electron chi connectivity index (χ3n) is 2.63. The molecular formula is C11H12N6OS. The maximum atomic E-state index is 11.4. The number of thiazole rings is 1. The molecule has 0 unspecified atom stereocenters. The van der Waals surface area contributed by atoms with Crippen molar-refractivity contribution in [2.75, 3.05) is 11.9 Å². The van der Waals surface area contributed by atoms with E-state index in [0.29, 0.717) is 18.0 Å². The molecule has 3 rings (SSSR count). The van der Waals surface area contributed by atoms with Crippen molar-refractivity contribution in [1.82, 2.24) is 24.8 Å². The molecule has 0 atom stereocenters. The maximum Gasteiger partial charge on any atom is 0.364 e. The highest BCUT2D eigenvalue weighted by Gasteiger charge is 2.03. The number of aromatic nitrogens is 5. The molecular weight excluding hydrogens is 264 g/mol. The minimum Gasteiger partial charge on any atom is -0.368 e. The highest BCUT2D eigenvalue weighted by molar-refractivity contribution is 7.09. The lowest BCUT2D eigenvalue weighted by atomic mass is 10.3. The lowest BCUT2D eigenvalue weighted by Gasteiger charge is -2.03. The minimum absolute atomic E-state index is 0.339. The van der Waals surface area contributed by atoms with Crippen LogP contribution in [0.4, 0.5) is 5.82 Å². The molecule has 8 heteroatoms. The Labute approximate surface area is 112 Å². The molecule has 0 aliphatic rings. The summed E-state index contributed by atoms with van der Waals surface area (Å²) in [5, 5.41) is 16.6.